The van der Waals surface area contributed by atoms with Crippen molar-refractivity contribution in [2.24, 2.45) is 5.92 Å². The van der Waals surface area contributed by atoms with Crippen molar-refractivity contribution < 1.29 is 19.1 Å². The number of nitrogens with one attached hydrogen (secondary N) is 2. The highest BCUT2D eigenvalue weighted by Gasteiger charge is 2.24. The number of halogens is 1. The van der Waals surface area contributed by atoms with Gasteiger partial charge in [0.15, 0.2) is 0 Å². The van der Waals surface area contributed by atoms with Gasteiger partial charge in [0.25, 0.3) is 11.8 Å². The molecule has 2 aromatic rings. The first-order valence-electron chi connectivity index (χ1n) is 11.6. The highest BCUT2D eigenvalue weighted by molar-refractivity contribution is 6.31. The molecule has 1 atom stereocenters. The summed E-state index contributed by atoms with van der Waals surface area (Å²) in [6, 6.07) is 4.58. The van der Waals surface area contributed by atoms with E-state index in [0.29, 0.717) is 54.4 Å². The number of aryl methyl sites for hydroxylation is 1. The Balaban J connectivity index is 1.81. The molecular weight excluding hydrogens is 458 g/mol. The molecule has 0 saturated carbocycles. The van der Waals surface area contributed by atoms with Gasteiger partial charge in [-0.25, -0.2) is 0 Å². The molecule has 0 saturated heterocycles. The van der Waals surface area contributed by atoms with E-state index in [1.165, 1.54) is 11.1 Å². The summed E-state index contributed by atoms with van der Waals surface area (Å²) in [6.07, 6.45) is 4.46. The smallest absolute Gasteiger partial charge is 0.257 e. The highest BCUT2D eigenvalue weighted by Crippen LogP contribution is 2.24. The zero-order valence-electron chi connectivity index (χ0n) is 19.8. The molecule has 2 N–H and O–H groups in total. The summed E-state index contributed by atoms with van der Waals surface area (Å²) in [6.45, 7) is 7.43. The van der Waals surface area contributed by atoms with Gasteiger partial charge in [-0.2, -0.15) is 5.10 Å². The molecule has 0 bridgehead atoms. The molecule has 2 heterocycles. The van der Waals surface area contributed by atoms with Crippen molar-refractivity contribution in [1.29, 1.82) is 0 Å². The number of carbonyl (C=O) groups excluding carboxylic acids is 3. The number of carbonyl (C=O) groups is 3. The van der Waals surface area contributed by atoms with Crippen molar-refractivity contribution in [1.82, 2.24) is 25.3 Å². The molecule has 0 radical (unpaired) electrons. The maximum atomic E-state index is 13.1. The first-order valence-corrected chi connectivity index (χ1v) is 12.0. The van der Waals surface area contributed by atoms with E-state index < -0.39 is 0 Å². The fourth-order valence-electron chi connectivity index (χ4n) is 3.62. The van der Waals surface area contributed by atoms with Crippen molar-refractivity contribution in [3.05, 3.63) is 46.7 Å². The van der Waals surface area contributed by atoms with Gasteiger partial charge in [0.05, 0.1) is 29.9 Å². The van der Waals surface area contributed by atoms with Gasteiger partial charge in [-0.3, -0.25) is 19.1 Å². The molecule has 0 unspecified atom stereocenters. The van der Waals surface area contributed by atoms with Gasteiger partial charge in [-0.05, 0) is 43.9 Å². The van der Waals surface area contributed by atoms with Crippen molar-refractivity contribution in [3.8, 4) is 5.75 Å². The van der Waals surface area contributed by atoms with Crippen LogP contribution in [0.2, 0.25) is 5.02 Å². The van der Waals surface area contributed by atoms with Crippen LogP contribution in [0.5, 0.6) is 5.75 Å². The average molecular weight is 490 g/mol. The van der Waals surface area contributed by atoms with E-state index >= 15 is 0 Å². The van der Waals surface area contributed by atoms with Gasteiger partial charge in [-0.1, -0.05) is 25.4 Å². The minimum absolute atomic E-state index is 0.0659. The number of ether oxygens (including phenoxy) is 1. The zero-order valence-corrected chi connectivity index (χ0v) is 20.6. The molecule has 3 amide bonds. The monoisotopic (exact) mass is 489 g/mol. The molecule has 184 valence electrons. The lowest BCUT2D eigenvalue weighted by molar-refractivity contribution is -0.123. The lowest BCUT2D eigenvalue weighted by atomic mass is 10.1. The Bertz CT molecular complexity index is 1020. The maximum Gasteiger partial charge on any atom is 0.257 e. The molecule has 0 fully saturated rings. The topological polar surface area (TPSA) is 106 Å². The summed E-state index contributed by atoms with van der Waals surface area (Å²) in [5.41, 5.74) is 0.790. The minimum atomic E-state index is -0.316. The summed E-state index contributed by atoms with van der Waals surface area (Å²) in [5, 5.41) is 10.5. The lowest BCUT2D eigenvalue weighted by Crippen LogP contribution is -2.48. The molecule has 1 aromatic carbocycles. The van der Waals surface area contributed by atoms with Crippen LogP contribution >= 0.6 is 11.6 Å². The van der Waals surface area contributed by atoms with Crippen LogP contribution in [0.4, 0.5) is 0 Å². The maximum absolute atomic E-state index is 13.1. The summed E-state index contributed by atoms with van der Waals surface area (Å²) < 4.78 is 7.62. The second-order valence-corrected chi connectivity index (χ2v) is 9.08. The second-order valence-electron chi connectivity index (χ2n) is 8.64. The molecular formula is C24H32ClN5O4. The Morgan fingerprint density at radius 2 is 2.09 bits per heavy atom. The van der Waals surface area contributed by atoms with Crippen LogP contribution in [0.25, 0.3) is 0 Å². The molecule has 9 nitrogen and oxygen atoms in total. The predicted molar refractivity (Wildman–Crippen MR) is 129 cm³/mol. The largest absolute Gasteiger partial charge is 0.491 e. The van der Waals surface area contributed by atoms with E-state index in [0.717, 1.165) is 0 Å². The number of benzene rings is 1. The van der Waals surface area contributed by atoms with E-state index in [1.54, 1.807) is 29.1 Å². The van der Waals surface area contributed by atoms with Crippen LogP contribution in [0.1, 0.15) is 54.3 Å². The molecule has 3 rings (SSSR count). The normalized spacial score (nSPS) is 18.3. The standard InChI is InChI=1S/C24H32ClN5O4/c1-4-30-13-17(12-27-30)24(33)29-10-6-5-9-26-23(32)19-11-18(25)7-8-21(19)34-15-20(16(2)3)28-22(31)14-29/h7-8,11-13,16,20H,4-6,9-10,14-15H2,1-3H3,(H,26,32)(H,28,31)/t20-/m0/s1. The first-order chi connectivity index (χ1) is 16.3. The van der Waals surface area contributed by atoms with E-state index in [1.807, 2.05) is 20.8 Å². The Morgan fingerprint density at radius 1 is 1.29 bits per heavy atom. The van der Waals surface area contributed by atoms with Gasteiger partial charge in [0.1, 0.15) is 12.4 Å². The zero-order chi connectivity index (χ0) is 24.7. The molecule has 1 aliphatic rings. The van der Waals surface area contributed by atoms with E-state index in [4.69, 9.17) is 16.3 Å². The van der Waals surface area contributed by atoms with Gasteiger partial charge < -0.3 is 20.3 Å². The summed E-state index contributed by atoms with van der Waals surface area (Å²) in [5.74, 6) is -0.323. The first kappa shape index (κ1) is 25.6. The Morgan fingerprint density at radius 3 is 2.79 bits per heavy atom. The number of rotatable bonds is 3. The summed E-state index contributed by atoms with van der Waals surface area (Å²) >= 11 is 6.11. The van der Waals surface area contributed by atoms with Gasteiger partial charge in [0, 0.05) is 30.9 Å². The van der Waals surface area contributed by atoms with Crippen LogP contribution in [0.15, 0.2) is 30.6 Å². The van der Waals surface area contributed by atoms with Gasteiger partial charge in [-0.15, -0.1) is 0 Å². The molecule has 0 spiro atoms. The number of nitrogens with zero attached hydrogens (tertiary/aromatic N) is 3. The number of aromatic nitrogens is 2. The third-order valence-electron chi connectivity index (χ3n) is 5.72. The highest BCUT2D eigenvalue weighted by atomic mass is 35.5. The van der Waals surface area contributed by atoms with E-state index in [2.05, 4.69) is 15.7 Å². The van der Waals surface area contributed by atoms with Crippen LogP contribution in [-0.2, 0) is 11.3 Å². The number of fused-ring (bicyclic) bond motifs is 1. The van der Waals surface area contributed by atoms with Crippen molar-refractivity contribution in [3.63, 3.8) is 0 Å². The SMILES string of the molecule is CCn1cc(C(=O)N2CCCCNC(=O)c3cc(Cl)ccc3OC[C@@H](C(C)C)NC(=O)C2)cn1. The van der Waals surface area contributed by atoms with Crippen LogP contribution in [0.3, 0.4) is 0 Å². The predicted octanol–water partition coefficient (Wildman–Crippen LogP) is 2.74. The quantitative estimate of drug-likeness (QED) is 0.689. The Hall–Kier alpha value is -3.07. The summed E-state index contributed by atoms with van der Waals surface area (Å²) in [7, 11) is 0. The fraction of sp³-hybridized carbons (Fsp3) is 0.500. The molecule has 1 aliphatic heterocycles. The van der Waals surface area contributed by atoms with Crippen LogP contribution in [0, 0.1) is 5.92 Å². The number of amides is 3. The van der Waals surface area contributed by atoms with E-state index in [-0.39, 0.29) is 42.8 Å². The van der Waals surface area contributed by atoms with E-state index in [9.17, 15) is 14.4 Å². The number of hydrogen-bond donors (Lipinski definition) is 2. The van der Waals surface area contributed by atoms with Gasteiger partial charge in [0.2, 0.25) is 5.91 Å². The third-order valence-corrected chi connectivity index (χ3v) is 5.96. The average Bonchev–Trinajstić information content (AvgIpc) is 3.29. The van der Waals surface area contributed by atoms with Crippen molar-refractivity contribution in [2.75, 3.05) is 26.2 Å². The number of hydrogen-bond acceptors (Lipinski definition) is 5. The Kier molecular flexibility index (Phi) is 8.92. The lowest BCUT2D eigenvalue weighted by Gasteiger charge is -2.26. The van der Waals surface area contributed by atoms with Crippen molar-refractivity contribution >= 4 is 29.3 Å². The van der Waals surface area contributed by atoms with Crippen LogP contribution < -0.4 is 15.4 Å². The van der Waals surface area contributed by atoms with Crippen molar-refractivity contribution in [2.45, 2.75) is 46.2 Å². The molecule has 1 aromatic heterocycles. The molecule has 34 heavy (non-hydrogen) atoms. The molecule has 0 aliphatic carbocycles. The summed E-state index contributed by atoms with van der Waals surface area (Å²) in [4.78, 5) is 40.3. The second kappa shape index (κ2) is 11.9. The molecule has 10 heteroatoms. The van der Waals surface area contributed by atoms with Crippen LogP contribution in [-0.4, -0.2) is 64.7 Å². The fourth-order valence-corrected chi connectivity index (χ4v) is 3.79. The van der Waals surface area contributed by atoms with Gasteiger partial charge >= 0.3 is 0 Å². The minimum Gasteiger partial charge on any atom is -0.491 e. The Labute approximate surface area is 204 Å². The third kappa shape index (κ3) is 6.72.